The summed E-state index contributed by atoms with van der Waals surface area (Å²) in [7, 11) is 2.10. The van der Waals surface area contributed by atoms with E-state index in [0.717, 1.165) is 49.5 Å². The molecule has 194 valence electrons. The van der Waals surface area contributed by atoms with E-state index in [0.29, 0.717) is 24.2 Å². The zero-order valence-corrected chi connectivity index (χ0v) is 23.5. The number of nitrogens with zero attached hydrogens (tertiary/aromatic N) is 1. The molecule has 2 atom stereocenters. The number of cyclic esters (lactones) is 1. The molecule has 1 spiro atoms. The summed E-state index contributed by atoms with van der Waals surface area (Å²) >= 11 is 3.86. The minimum atomic E-state index is -0.318. The summed E-state index contributed by atoms with van der Waals surface area (Å²) < 4.78 is 15.5. The Morgan fingerprint density at radius 1 is 1.18 bits per heavy atom. The number of carbonyl (C=O) groups excluding carboxylic acids is 2. The number of hydrogen-bond acceptors (Lipinski definition) is 9. The van der Waals surface area contributed by atoms with Gasteiger partial charge in [-0.05, 0) is 38.3 Å². The number of ether oxygens (including phenoxy) is 3. The van der Waals surface area contributed by atoms with Gasteiger partial charge in [0.2, 0.25) is 0 Å². The molecule has 2 unspecified atom stereocenters. The van der Waals surface area contributed by atoms with Crippen LogP contribution in [0, 0.1) is 5.41 Å². The molecule has 33 heavy (non-hydrogen) atoms. The normalized spacial score (nSPS) is 24.4. The van der Waals surface area contributed by atoms with Crippen LogP contribution in [0.5, 0.6) is 0 Å². The second kappa shape index (κ2) is 14.8. The first-order valence-electron chi connectivity index (χ1n) is 11.9. The molecule has 0 radical (unpaired) electrons. The molecule has 0 saturated carbocycles. The van der Waals surface area contributed by atoms with E-state index in [2.05, 4.69) is 49.7 Å². The molecule has 3 fully saturated rings. The molecule has 7 nitrogen and oxygen atoms in total. The molecule has 0 bridgehead atoms. The quantitative estimate of drug-likeness (QED) is 0.413. The number of likely N-dealkylation sites (tertiary alicyclic amines) is 1. The number of hydrogen-bond donors (Lipinski definition) is 1. The Bertz CT molecular complexity index is 572. The van der Waals surface area contributed by atoms with Gasteiger partial charge in [0.15, 0.2) is 0 Å². The van der Waals surface area contributed by atoms with Gasteiger partial charge in [-0.25, -0.2) is 0 Å². The number of rotatable bonds is 7. The minimum absolute atomic E-state index is 0.00236. The average molecular weight is 507 g/mol. The average Bonchev–Trinajstić information content (AvgIpc) is 3.01. The van der Waals surface area contributed by atoms with Crippen LogP contribution in [0.1, 0.15) is 54.9 Å². The van der Waals surface area contributed by atoms with Crippen molar-refractivity contribution in [3.05, 3.63) is 0 Å². The van der Waals surface area contributed by atoms with Gasteiger partial charge >= 0.3 is 5.97 Å². The highest BCUT2D eigenvalue weighted by Crippen LogP contribution is 2.44. The van der Waals surface area contributed by atoms with Crippen LogP contribution in [0.15, 0.2) is 0 Å². The van der Waals surface area contributed by atoms with Crippen LogP contribution in [0.4, 0.5) is 0 Å². The van der Waals surface area contributed by atoms with E-state index in [4.69, 9.17) is 9.47 Å². The van der Waals surface area contributed by atoms with Crippen molar-refractivity contribution in [2.45, 2.75) is 83.2 Å². The van der Waals surface area contributed by atoms with E-state index in [1.165, 1.54) is 0 Å². The summed E-state index contributed by atoms with van der Waals surface area (Å²) in [5, 5.41) is 4.65. The molecule has 3 aliphatic heterocycles. The molecule has 3 aliphatic rings. The molecule has 3 saturated heterocycles. The van der Waals surface area contributed by atoms with E-state index >= 15 is 0 Å². The number of morpholine rings is 1. The third-order valence-corrected chi connectivity index (χ3v) is 7.62. The molecular weight excluding hydrogens is 460 g/mol. The van der Waals surface area contributed by atoms with Gasteiger partial charge in [-0.2, -0.15) is 23.5 Å². The lowest BCUT2D eigenvalue weighted by molar-refractivity contribution is -0.141. The third-order valence-electron chi connectivity index (χ3n) is 5.23. The van der Waals surface area contributed by atoms with Gasteiger partial charge in [0, 0.05) is 43.1 Å². The molecule has 0 amide bonds. The topological polar surface area (TPSA) is 77.1 Å². The monoisotopic (exact) mass is 506 g/mol. The molecule has 0 aliphatic carbocycles. The highest BCUT2D eigenvalue weighted by Gasteiger charge is 2.55. The fourth-order valence-corrected chi connectivity index (χ4v) is 5.53. The first kappa shape index (κ1) is 30.6. The van der Waals surface area contributed by atoms with Crippen LogP contribution in [0.25, 0.3) is 0 Å². The standard InChI is InChI=1S/C11H19NO2S.C8H17NOS.C5H10O2/c1-8(2)15-5-9-11(4-10(13)14-9)6-12(3)7-11;1-7(2)11-6-8-5-9-3-4-10-8;1-5(2,3)7-4-6/h8-9H,4-7H2,1-3H3;7-9H,3-6H2,1-2H3;4H,1-3H3. The smallest absolute Gasteiger partial charge is 0.306 e. The summed E-state index contributed by atoms with van der Waals surface area (Å²) in [6.45, 7) is 19.7. The van der Waals surface area contributed by atoms with Gasteiger partial charge in [-0.3, -0.25) is 9.59 Å². The minimum Gasteiger partial charge on any atom is -0.462 e. The van der Waals surface area contributed by atoms with E-state index in [9.17, 15) is 9.59 Å². The van der Waals surface area contributed by atoms with Gasteiger partial charge < -0.3 is 24.4 Å². The summed E-state index contributed by atoms with van der Waals surface area (Å²) in [4.78, 5) is 23.2. The second-order valence-corrected chi connectivity index (χ2v) is 13.7. The summed E-state index contributed by atoms with van der Waals surface area (Å²) in [6, 6.07) is 0. The Labute approximate surface area is 209 Å². The van der Waals surface area contributed by atoms with Crippen molar-refractivity contribution in [1.29, 1.82) is 0 Å². The van der Waals surface area contributed by atoms with Crippen molar-refractivity contribution in [3.63, 3.8) is 0 Å². The predicted octanol–water partition coefficient (Wildman–Crippen LogP) is 3.45. The first-order chi connectivity index (χ1) is 15.4. The Morgan fingerprint density at radius 3 is 2.21 bits per heavy atom. The zero-order chi connectivity index (χ0) is 25.1. The van der Waals surface area contributed by atoms with Crippen molar-refractivity contribution < 1.29 is 23.8 Å². The molecule has 0 aromatic heterocycles. The molecule has 3 heterocycles. The van der Waals surface area contributed by atoms with Crippen molar-refractivity contribution >= 4 is 36.0 Å². The second-order valence-electron chi connectivity index (χ2n) is 10.5. The van der Waals surface area contributed by atoms with Gasteiger partial charge in [-0.15, -0.1) is 0 Å². The lowest BCUT2D eigenvalue weighted by atomic mass is 9.75. The van der Waals surface area contributed by atoms with E-state index < -0.39 is 0 Å². The third kappa shape index (κ3) is 12.7. The maximum Gasteiger partial charge on any atom is 0.306 e. The first-order valence-corrected chi connectivity index (χ1v) is 14.0. The highest BCUT2D eigenvalue weighted by atomic mass is 32.2. The Kier molecular flexibility index (Phi) is 13.7. The highest BCUT2D eigenvalue weighted by molar-refractivity contribution is 8.00. The van der Waals surface area contributed by atoms with E-state index in [-0.39, 0.29) is 23.1 Å². The number of carbonyl (C=O) groups is 2. The molecule has 0 aromatic carbocycles. The Morgan fingerprint density at radius 2 is 1.79 bits per heavy atom. The molecular formula is C24H46N2O5S2. The van der Waals surface area contributed by atoms with Crippen LogP contribution >= 0.6 is 23.5 Å². The van der Waals surface area contributed by atoms with E-state index in [1.807, 2.05) is 44.3 Å². The maximum atomic E-state index is 11.4. The van der Waals surface area contributed by atoms with Crippen LogP contribution in [-0.2, 0) is 23.8 Å². The van der Waals surface area contributed by atoms with Crippen molar-refractivity contribution in [2.24, 2.45) is 5.41 Å². The van der Waals surface area contributed by atoms with E-state index in [1.54, 1.807) is 0 Å². The fourth-order valence-electron chi connectivity index (χ4n) is 3.73. The Hall–Kier alpha value is -0.480. The molecule has 9 heteroatoms. The SMILES string of the molecule is CC(C)(C)OC=O.CC(C)SCC1CNCCO1.CC(C)SCC1OC(=O)CC12CN(C)C2. The molecule has 1 N–H and O–H groups in total. The van der Waals surface area contributed by atoms with Gasteiger partial charge in [0.1, 0.15) is 11.7 Å². The fraction of sp³-hybridized carbons (Fsp3) is 0.917. The molecule has 3 rings (SSSR count). The predicted molar refractivity (Wildman–Crippen MR) is 139 cm³/mol. The van der Waals surface area contributed by atoms with Crippen LogP contribution in [0.2, 0.25) is 0 Å². The Balaban J connectivity index is 0.000000267. The summed E-state index contributed by atoms with van der Waals surface area (Å²) in [5.41, 5.74) is -0.171. The lowest BCUT2D eigenvalue weighted by Crippen LogP contribution is -2.58. The van der Waals surface area contributed by atoms with Gasteiger partial charge in [0.25, 0.3) is 6.47 Å². The van der Waals surface area contributed by atoms with Gasteiger partial charge in [0.05, 0.1) is 19.1 Å². The van der Waals surface area contributed by atoms with Crippen LogP contribution < -0.4 is 5.32 Å². The van der Waals surface area contributed by atoms with Crippen molar-refractivity contribution in [3.8, 4) is 0 Å². The maximum absolute atomic E-state index is 11.4. The van der Waals surface area contributed by atoms with Crippen molar-refractivity contribution in [1.82, 2.24) is 10.2 Å². The number of nitrogens with one attached hydrogen (secondary N) is 1. The molecule has 0 aromatic rings. The number of thioether (sulfide) groups is 2. The zero-order valence-electron chi connectivity index (χ0n) is 21.8. The summed E-state index contributed by atoms with van der Waals surface area (Å²) in [5.74, 6) is 2.08. The largest absolute Gasteiger partial charge is 0.462 e. The lowest BCUT2D eigenvalue weighted by Gasteiger charge is -2.47. The van der Waals surface area contributed by atoms with Crippen LogP contribution in [0.3, 0.4) is 0 Å². The number of esters is 1. The summed E-state index contributed by atoms with van der Waals surface area (Å²) in [6.07, 6.45) is 1.21. The van der Waals surface area contributed by atoms with Gasteiger partial charge in [-0.1, -0.05) is 27.7 Å². The van der Waals surface area contributed by atoms with Crippen LogP contribution in [-0.4, -0.2) is 97.0 Å². The van der Waals surface area contributed by atoms with Crippen molar-refractivity contribution in [2.75, 3.05) is 51.3 Å².